The Balaban J connectivity index is 3.12. The predicted molar refractivity (Wildman–Crippen MR) is 77.1 cm³/mol. The van der Waals surface area contributed by atoms with Gasteiger partial charge in [-0.05, 0) is 45.5 Å². The number of methoxy groups -OCH3 is 2. The second-order valence-electron chi connectivity index (χ2n) is 4.87. The van der Waals surface area contributed by atoms with E-state index in [2.05, 4.69) is 19.2 Å². The molecule has 0 fully saturated rings. The molecular formula is C15H25NO3. The molecule has 108 valence electrons. The van der Waals surface area contributed by atoms with Gasteiger partial charge in [0.15, 0.2) is 11.5 Å². The van der Waals surface area contributed by atoms with E-state index in [0.29, 0.717) is 6.61 Å². The number of nitrogens with one attached hydrogen (secondary N) is 1. The van der Waals surface area contributed by atoms with Crippen molar-refractivity contribution in [2.75, 3.05) is 27.9 Å². The lowest BCUT2D eigenvalue weighted by atomic mass is 9.91. The molecule has 1 aromatic rings. The smallest absolute Gasteiger partial charge is 0.161 e. The van der Waals surface area contributed by atoms with Gasteiger partial charge in [0.25, 0.3) is 0 Å². The third-order valence-corrected chi connectivity index (χ3v) is 3.24. The fraction of sp³-hybridized carbons (Fsp3) is 0.600. The monoisotopic (exact) mass is 267 g/mol. The Hall–Kier alpha value is -1.26. The van der Waals surface area contributed by atoms with E-state index in [1.54, 1.807) is 14.2 Å². The van der Waals surface area contributed by atoms with Crippen LogP contribution in [0.2, 0.25) is 0 Å². The molecule has 0 amide bonds. The van der Waals surface area contributed by atoms with Crippen molar-refractivity contribution in [3.63, 3.8) is 0 Å². The Kier molecular flexibility index (Phi) is 5.63. The zero-order valence-electron chi connectivity index (χ0n) is 12.7. The average Bonchev–Trinajstić information content (AvgIpc) is 2.38. The first-order chi connectivity index (χ1) is 9.00. The standard InChI is InChI=1S/C15H25NO3/c1-7-19-15(2,3)14(16-4)11-8-9-12(17-5)13(10-11)18-6/h8-10,14,16H,7H2,1-6H3. The van der Waals surface area contributed by atoms with Crippen molar-refractivity contribution in [2.24, 2.45) is 0 Å². The largest absolute Gasteiger partial charge is 0.493 e. The van der Waals surface area contributed by atoms with Gasteiger partial charge in [-0.15, -0.1) is 0 Å². The van der Waals surface area contributed by atoms with Crippen molar-refractivity contribution in [1.29, 1.82) is 0 Å². The summed E-state index contributed by atoms with van der Waals surface area (Å²) in [4.78, 5) is 0. The molecule has 0 aliphatic rings. The maximum Gasteiger partial charge on any atom is 0.161 e. The molecule has 0 aliphatic carbocycles. The van der Waals surface area contributed by atoms with E-state index in [1.807, 2.05) is 32.2 Å². The number of likely N-dealkylation sites (N-methyl/N-ethyl adjacent to an activating group) is 1. The van der Waals surface area contributed by atoms with Crippen LogP contribution >= 0.6 is 0 Å². The van der Waals surface area contributed by atoms with Crippen LogP contribution < -0.4 is 14.8 Å². The van der Waals surface area contributed by atoms with E-state index in [4.69, 9.17) is 14.2 Å². The Morgan fingerprint density at radius 1 is 1.16 bits per heavy atom. The maximum atomic E-state index is 5.83. The second kappa shape index (κ2) is 6.78. The summed E-state index contributed by atoms with van der Waals surface area (Å²) in [5, 5.41) is 3.31. The average molecular weight is 267 g/mol. The Bertz CT molecular complexity index is 404. The van der Waals surface area contributed by atoms with Gasteiger partial charge in [-0.25, -0.2) is 0 Å². The second-order valence-corrected chi connectivity index (χ2v) is 4.87. The lowest BCUT2D eigenvalue weighted by Gasteiger charge is -2.34. The third kappa shape index (κ3) is 3.61. The molecule has 0 radical (unpaired) electrons. The van der Waals surface area contributed by atoms with Crippen LogP contribution in [0, 0.1) is 0 Å². The van der Waals surface area contributed by atoms with Crippen LogP contribution in [0.1, 0.15) is 32.4 Å². The Labute approximate surface area is 116 Å². The van der Waals surface area contributed by atoms with Crippen LogP contribution in [0.4, 0.5) is 0 Å². The number of hydrogen-bond donors (Lipinski definition) is 1. The molecule has 1 unspecified atom stereocenters. The van der Waals surface area contributed by atoms with Crippen molar-refractivity contribution < 1.29 is 14.2 Å². The molecule has 4 nitrogen and oxygen atoms in total. The van der Waals surface area contributed by atoms with Crippen molar-refractivity contribution in [3.05, 3.63) is 23.8 Å². The summed E-state index contributed by atoms with van der Waals surface area (Å²) in [7, 11) is 5.21. The summed E-state index contributed by atoms with van der Waals surface area (Å²) in [5.41, 5.74) is 0.807. The summed E-state index contributed by atoms with van der Waals surface area (Å²) < 4.78 is 16.4. The topological polar surface area (TPSA) is 39.7 Å². The van der Waals surface area contributed by atoms with E-state index in [9.17, 15) is 0 Å². The number of benzene rings is 1. The highest BCUT2D eigenvalue weighted by atomic mass is 16.5. The lowest BCUT2D eigenvalue weighted by molar-refractivity contribution is -0.0375. The Morgan fingerprint density at radius 2 is 1.79 bits per heavy atom. The first kappa shape index (κ1) is 15.8. The first-order valence-electron chi connectivity index (χ1n) is 6.53. The van der Waals surface area contributed by atoms with Crippen LogP contribution in [-0.4, -0.2) is 33.5 Å². The van der Waals surface area contributed by atoms with Crippen LogP contribution in [0.15, 0.2) is 18.2 Å². The minimum Gasteiger partial charge on any atom is -0.493 e. The molecule has 1 aromatic carbocycles. The van der Waals surface area contributed by atoms with E-state index in [-0.39, 0.29) is 11.6 Å². The highest BCUT2D eigenvalue weighted by Crippen LogP contribution is 2.34. The molecule has 0 heterocycles. The van der Waals surface area contributed by atoms with Gasteiger partial charge in [-0.1, -0.05) is 6.07 Å². The van der Waals surface area contributed by atoms with Gasteiger partial charge in [0.2, 0.25) is 0 Å². The van der Waals surface area contributed by atoms with Crippen LogP contribution in [-0.2, 0) is 4.74 Å². The molecule has 0 aliphatic heterocycles. The number of rotatable bonds is 7. The van der Waals surface area contributed by atoms with Crippen molar-refractivity contribution in [3.8, 4) is 11.5 Å². The van der Waals surface area contributed by atoms with Gasteiger partial charge < -0.3 is 19.5 Å². The van der Waals surface area contributed by atoms with Crippen LogP contribution in [0.3, 0.4) is 0 Å². The van der Waals surface area contributed by atoms with Gasteiger partial charge in [-0.2, -0.15) is 0 Å². The van der Waals surface area contributed by atoms with Gasteiger partial charge >= 0.3 is 0 Å². The molecule has 0 saturated carbocycles. The minimum atomic E-state index is -0.302. The summed E-state index contributed by atoms with van der Waals surface area (Å²) in [5.74, 6) is 1.46. The van der Waals surface area contributed by atoms with E-state index in [0.717, 1.165) is 17.1 Å². The van der Waals surface area contributed by atoms with Gasteiger partial charge in [0, 0.05) is 6.61 Å². The van der Waals surface area contributed by atoms with Crippen LogP contribution in [0.25, 0.3) is 0 Å². The third-order valence-electron chi connectivity index (χ3n) is 3.24. The molecule has 1 atom stereocenters. The summed E-state index contributed by atoms with van der Waals surface area (Å²) in [6.07, 6.45) is 0. The number of ether oxygens (including phenoxy) is 3. The van der Waals surface area contributed by atoms with Crippen molar-refractivity contribution >= 4 is 0 Å². The molecule has 1 rings (SSSR count). The van der Waals surface area contributed by atoms with Gasteiger partial charge in [0.05, 0.1) is 25.9 Å². The molecular weight excluding hydrogens is 242 g/mol. The van der Waals surface area contributed by atoms with E-state index < -0.39 is 0 Å². The SMILES string of the molecule is CCOC(C)(C)C(NC)c1ccc(OC)c(OC)c1. The van der Waals surface area contributed by atoms with Crippen LogP contribution in [0.5, 0.6) is 11.5 Å². The predicted octanol–water partition coefficient (Wildman–Crippen LogP) is 2.78. The Morgan fingerprint density at radius 3 is 2.26 bits per heavy atom. The highest BCUT2D eigenvalue weighted by Gasteiger charge is 2.30. The van der Waals surface area contributed by atoms with Crippen molar-refractivity contribution in [2.45, 2.75) is 32.4 Å². The molecule has 1 N–H and O–H groups in total. The molecule has 4 heteroatoms. The van der Waals surface area contributed by atoms with E-state index in [1.165, 1.54) is 0 Å². The maximum absolute atomic E-state index is 5.83. The molecule has 19 heavy (non-hydrogen) atoms. The van der Waals surface area contributed by atoms with Gasteiger partial charge in [0.1, 0.15) is 0 Å². The molecule has 0 spiro atoms. The zero-order valence-corrected chi connectivity index (χ0v) is 12.7. The lowest BCUT2D eigenvalue weighted by Crippen LogP contribution is -2.40. The van der Waals surface area contributed by atoms with Crippen molar-refractivity contribution in [1.82, 2.24) is 5.32 Å². The molecule has 0 bridgehead atoms. The quantitative estimate of drug-likeness (QED) is 0.824. The summed E-state index contributed by atoms with van der Waals surface area (Å²) in [6.45, 7) is 6.84. The number of hydrogen-bond acceptors (Lipinski definition) is 4. The zero-order chi connectivity index (χ0) is 14.5. The molecule has 0 saturated heterocycles. The molecule has 0 aromatic heterocycles. The van der Waals surface area contributed by atoms with Gasteiger partial charge in [-0.3, -0.25) is 0 Å². The normalized spacial score (nSPS) is 13.2. The fourth-order valence-electron chi connectivity index (χ4n) is 2.40. The highest BCUT2D eigenvalue weighted by molar-refractivity contribution is 5.44. The first-order valence-corrected chi connectivity index (χ1v) is 6.53. The fourth-order valence-corrected chi connectivity index (χ4v) is 2.40. The summed E-state index contributed by atoms with van der Waals surface area (Å²) >= 11 is 0. The van der Waals surface area contributed by atoms with E-state index >= 15 is 0 Å². The summed E-state index contributed by atoms with van der Waals surface area (Å²) in [6, 6.07) is 6.01. The minimum absolute atomic E-state index is 0.0762.